The minimum absolute atomic E-state index is 0.0133. The van der Waals surface area contributed by atoms with Gasteiger partial charge >= 0.3 is 0 Å². The highest BCUT2D eigenvalue weighted by atomic mass is 16.3. The fraction of sp³-hybridized carbons (Fsp3) is 0.176. The first-order chi connectivity index (χ1) is 20.8. The molecule has 0 saturated carbocycles. The molecule has 0 aliphatic rings. The minimum Gasteiger partial charge on any atom is -0.507 e. The van der Waals surface area contributed by atoms with E-state index in [1.807, 2.05) is 0 Å². The summed E-state index contributed by atoms with van der Waals surface area (Å²) in [6.45, 7) is 6.02. The quantitative estimate of drug-likeness (QED) is 0.0922. The van der Waals surface area contributed by atoms with Gasteiger partial charge in [-0.3, -0.25) is 9.59 Å². The Morgan fingerprint density at radius 1 is 0.341 bits per heavy atom. The maximum atomic E-state index is 14.4. The fourth-order valence-electron chi connectivity index (χ4n) is 7.78. The first-order valence-electron chi connectivity index (χ1n) is 14.1. The van der Waals surface area contributed by atoms with Crippen molar-refractivity contribution in [1.82, 2.24) is 0 Å². The van der Waals surface area contributed by atoms with Gasteiger partial charge < -0.3 is 40.9 Å². The zero-order valence-electron chi connectivity index (χ0n) is 23.8. The number of fused-ring (bicyclic) bond motifs is 2. The monoisotopic (exact) mass is 592 g/mol. The second-order valence-electron chi connectivity index (χ2n) is 11.6. The largest absolute Gasteiger partial charge is 0.507 e. The van der Waals surface area contributed by atoms with Crippen LogP contribution in [-0.4, -0.2) is 40.9 Å². The molecular weight excluding hydrogens is 568 g/mol. The number of hydrogen-bond acceptors (Lipinski definition) is 10. The van der Waals surface area contributed by atoms with Crippen LogP contribution in [0, 0.1) is 13.8 Å². The average molecular weight is 593 g/mol. The fourth-order valence-corrected chi connectivity index (χ4v) is 7.78. The number of hydrogen-bond donors (Lipinski definition) is 8. The van der Waals surface area contributed by atoms with Gasteiger partial charge in [0.2, 0.25) is 10.9 Å². The molecule has 0 aliphatic heterocycles. The van der Waals surface area contributed by atoms with E-state index in [4.69, 9.17) is 0 Å². The number of phenolic OH excluding ortho intramolecular Hbond substituents is 8. The summed E-state index contributed by atoms with van der Waals surface area (Å²) in [5.41, 5.74) is -1.88. The molecule has 0 unspecified atom stereocenters. The molecule has 0 aliphatic carbocycles. The number of aromatic hydroxyl groups is 8. The Hall–Kier alpha value is -5.64. The topological polar surface area (TPSA) is 196 Å². The van der Waals surface area contributed by atoms with E-state index >= 15 is 0 Å². The van der Waals surface area contributed by atoms with Gasteiger partial charge in [-0.05, 0) is 26.7 Å². The summed E-state index contributed by atoms with van der Waals surface area (Å²) in [7, 11) is 0. The zero-order valence-corrected chi connectivity index (χ0v) is 23.8. The molecule has 0 spiro atoms. The summed E-state index contributed by atoms with van der Waals surface area (Å²) < 4.78 is 0. The predicted molar refractivity (Wildman–Crippen MR) is 168 cm³/mol. The van der Waals surface area contributed by atoms with E-state index in [0.29, 0.717) is 0 Å². The van der Waals surface area contributed by atoms with Crippen LogP contribution >= 0.6 is 0 Å². The minimum atomic E-state index is -0.821. The highest BCUT2D eigenvalue weighted by Gasteiger charge is 2.36. The van der Waals surface area contributed by atoms with Crippen LogP contribution < -0.4 is 10.9 Å². The van der Waals surface area contributed by atoms with E-state index in [9.17, 15) is 50.4 Å². The smallest absolute Gasteiger partial charge is 0.201 e. The summed E-state index contributed by atoms with van der Waals surface area (Å²) in [4.78, 5) is 28.7. The van der Waals surface area contributed by atoms with Gasteiger partial charge in [0, 0.05) is 76.1 Å². The van der Waals surface area contributed by atoms with Crippen LogP contribution in [-0.2, 0) is 12.8 Å². The van der Waals surface area contributed by atoms with Gasteiger partial charge in [-0.15, -0.1) is 0 Å². The van der Waals surface area contributed by atoms with E-state index in [-0.39, 0.29) is 111 Å². The van der Waals surface area contributed by atoms with Crippen LogP contribution in [0.1, 0.15) is 36.1 Å². The Morgan fingerprint density at radius 2 is 0.545 bits per heavy atom. The molecule has 8 rings (SSSR count). The Labute approximate surface area is 245 Å². The molecular formula is C34H24O10. The Bertz CT molecular complexity index is 2570. The van der Waals surface area contributed by atoms with E-state index < -0.39 is 56.9 Å². The van der Waals surface area contributed by atoms with Crippen LogP contribution in [0.25, 0.3) is 75.4 Å². The molecule has 44 heavy (non-hydrogen) atoms. The lowest BCUT2D eigenvalue weighted by molar-refractivity contribution is 0.444. The van der Waals surface area contributed by atoms with Crippen molar-refractivity contribution in [3.63, 3.8) is 0 Å². The highest BCUT2D eigenvalue weighted by Crippen LogP contribution is 2.60. The molecule has 0 saturated heterocycles. The molecule has 10 heteroatoms. The second kappa shape index (κ2) is 7.65. The van der Waals surface area contributed by atoms with Crippen molar-refractivity contribution < 1.29 is 40.9 Å². The maximum absolute atomic E-state index is 14.4. The summed E-state index contributed by atoms with van der Waals surface area (Å²) in [5, 5.41) is 90.8. The van der Waals surface area contributed by atoms with Crippen LogP contribution in [0.4, 0.5) is 0 Å². The van der Waals surface area contributed by atoms with Crippen LogP contribution in [0.2, 0.25) is 0 Å². The normalized spacial score (nSPS) is 12.7. The predicted octanol–water partition coefficient (Wildman–Crippen LogP) is 5.62. The molecule has 0 bridgehead atoms. The Morgan fingerprint density at radius 3 is 0.841 bits per heavy atom. The van der Waals surface area contributed by atoms with E-state index in [2.05, 4.69) is 0 Å². The third-order valence-corrected chi connectivity index (χ3v) is 9.82. The molecule has 0 aromatic heterocycles. The van der Waals surface area contributed by atoms with Crippen molar-refractivity contribution in [2.24, 2.45) is 0 Å². The molecule has 8 aromatic carbocycles. The van der Waals surface area contributed by atoms with Crippen molar-refractivity contribution in [2.45, 2.75) is 40.5 Å². The van der Waals surface area contributed by atoms with E-state index in [1.54, 1.807) is 13.8 Å². The number of rotatable bonds is 2. The van der Waals surface area contributed by atoms with Crippen LogP contribution in [0.15, 0.2) is 9.59 Å². The van der Waals surface area contributed by atoms with Gasteiger partial charge in [-0.25, -0.2) is 0 Å². The van der Waals surface area contributed by atoms with Crippen molar-refractivity contribution in [2.75, 3.05) is 0 Å². The molecule has 220 valence electrons. The van der Waals surface area contributed by atoms with E-state index in [0.717, 1.165) is 0 Å². The third kappa shape index (κ3) is 2.37. The van der Waals surface area contributed by atoms with Crippen molar-refractivity contribution >= 4 is 75.4 Å². The number of benzene rings is 8. The summed E-state index contributed by atoms with van der Waals surface area (Å²) in [5.74, 6) is -4.13. The molecule has 0 atom stereocenters. The molecule has 0 amide bonds. The third-order valence-electron chi connectivity index (χ3n) is 9.82. The molecule has 8 aromatic rings. The summed E-state index contributed by atoms with van der Waals surface area (Å²) >= 11 is 0. The SMILES string of the molecule is CCc1c(O)c2c(=O)c3c(O)c(C)c(O)c4c5c(O)c(C)c(O)c6c(=O)c7c(O)c(CC)c(O)c8c(c1O)c2c(c34)c(c65)c78. The molecule has 8 N–H and O–H groups in total. The van der Waals surface area contributed by atoms with Gasteiger partial charge in [0.25, 0.3) is 0 Å². The average Bonchev–Trinajstić information content (AvgIpc) is 2.98. The Kier molecular flexibility index (Phi) is 4.52. The summed E-state index contributed by atoms with van der Waals surface area (Å²) in [6, 6.07) is 0. The van der Waals surface area contributed by atoms with Gasteiger partial charge in [0.1, 0.15) is 46.0 Å². The van der Waals surface area contributed by atoms with Gasteiger partial charge in [-0.1, -0.05) is 13.8 Å². The van der Waals surface area contributed by atoms with Gasteiger partial charge in [0.15, 0.2) is 0 Å². The summed E-state index contributed by atoms with van der Waals surface area (Å²) in [6.07, 6.45) is 0.120. The first kappa shape index (κ1) is 26.0. The van der Waals surface area contributed by atoms with Gasteiger partial charge in [-0.2, -0.15) is 0 Å². The second-order valence-corrected chi connectivity index (χ2v) is 11.6. The highest BCUT2D eigenvalue weighted by molar-refractivity contribution is 6.51. The lowest BCUT2D eigenvalue weighted by atomic mass is 9.77. The first-order valence-corrected chi connectivity index (χ1v) is 14.1. The maximum Gasteiger partial charge on any atom is 0.201 e. The van der Waals surface area contributed by atoms with Crippen molar-refractivity contribution in [3.8, 4) is 46.0 Å². The van der Waals surface area contributed by atoms with E-state index in [1.165, 1.54) is 13.8 Å². The number of phenols is 8. The molecule has 0 fully saturated rings. The molecule has 0 heterocycles. The lowest BCUT2D eigenvalue weighted by Crippen LogP contribution is -2.11. The standard InChI is InChI=1S/C34H24O10/c1-5-9-29(39)19-15-11-12-14-18(17-13(11)21(27(37)7(3)25(17)35)33(43)23(15)31(9)41)26(36)8(4)28(38)22(14)34(44)24-16(12)20(19)30(40)10(6-2)32(24)42/h35-42H,5-6H2,1-4H3. The van der Waals surface area contributed by atoms with Crippen LogP contribution in [0.3, 0.4) is 0 Å². The van der Waals surface area contributed by atoms with Crippen LogP contribution in [0.5, 0.6) is 46.0 Å². The van der Waals surface area contributed by atoms with Crippen molar-refractivity contribution in [1.29, 1.82) is 0 Å². The molecule has 10 nitrogen and oxygen atoms in total. The Balaban J connectivity index is 2.03. The molecule has 0 radical (unpaired) electrons. The van der Waals surface area contributed by atoms with Gasteiger partial charge in [0.05, 0.1) is 21.5 Å². The van der Waals surface area contributed by atoms with Crippen molar-refractivity contribution in [3.05, 3.63) is 42.7 Å². The zero-order chi connectivity index (χ0) is 31.6. The lowest BCUT2D eigenvalue weighted by Gasteiger charge is -2.26.